The second-order valence-electron chi connectivity index (χ2n) is 6.75. The van der Waals surface area contributed by atoms with Crippen LogP contribution in [0.4, 0.5) is 5.69 Å². The molecule has 0 saturated carbocycles. The van der Waals surface area contributed by atoms with Gasteiger partial charge in [0.2, 0.25) is 5.89 Å². The van der Waals surface area contributed by atoms with Crippen molar-refractivity contribution in [3.8, 4) is 0 Å². The van der Waals surface area contributed by atoms with E-state index in [0.717, 1.165) is 43.5 Å². The molecule has 1 unspecified atom stereocenters. The number of oxazole rings is 1. The van der Waals surface area contributed by atoms with E-state index in [1.165, 1.54) is 11.3 Å². The second-order valence-corrected chi connectivity index (χ2v) is 6.75. The second kappa shape index (κ2) is 8.25. The Morgan fingerprint density at radius 2 is 2.12 bits per heavy atom. The molecule has 6 nitrogen and oxygen atoms in total. The summed E-state index contributed by atoms with van der Waals surface area (Å²) in [6, 6.07) is 9.21. The quantitative estimate of drug-likeness (QED) is 0.616. The summed E-state index contributed by atoms with van der Waals surface area (Å²) in [7, 11) is 0. The minimum Gasteiger partial charge on any atom is -0.444 e. The van der Waals surface area contributed by atoms with Crippen LogP contribution in [0, 0.1) is 13.8 Å². The number of nitrogens with zero attached hydrogens (tertiary/aromatic N) is 3. The average Bonchev–Trinajstić information content (AvgIpc) is 3.11. The molecule has 0 amide bonds. The lowest BCUT2D eigenvalue weighted by atomic mass is 10.1. The zero-order valence-corrected chi connectivity index (χ0v) is 16.2. The molecule has 1 aliphatic rings. The van der Waals surface area contributed by atoms with E-state index in [9.17, 15) is 0 Å². The van der Waals surface area contributed by atoms with Gasteiger partial charge in [-0.25, -0.2) is 9.98 Å². The van der Waals surface area contributed by atoms with Gasteiger partial charge in [0.1, 0.15) is 12.3 Å². The Morgan fingerprint density at radius 3 is 2.85 bits per heavy atom. The van der Waals surface area contributed by atoms with Gasteiger partial charge in [0, 0.05) is 31.4 Å². The Kier molecular flexibility index (Phi) is 5.81. The topological polar surface area (TPSA) is 65.7 Å². The highest BCUT2D eigenvalue weighted by molar-refractivity contribution is 5.79. The number of benzene rings is 1. The first kappa shape index (κ1) is 18.3. The van der Waals surface area contributed by atoms with Gasteiger partial charge in [-0.05, 0) is 45.7 Å². The Hall–Kier alpha value is -2.50. The summed E-state index contributed by atoms with van der Waals surface area (Å²) >= 11 is 0. The number of aliphatic imine (C=N–C) groups is 1. The number of para-hydroxylation sites is 1. The highest BCUT2D eigenvalue weighted by Crippen LogP contribution is 2.31. The standard InChI is InChI=1S/C20H29N5O/c1-5-21-20(23-13-19-24-15(3)16(4)26-19)22-10-11-25-14(2)12-17-8-6-7-9-18(17)25/h6-9,14H,5,10-13H2,1-4H3,(H2,21,22,23). The molecule has 0 aliphatic carbocycles. The molecule has 2 N–H and O–H groups in total. The molecular weight excluding hydrogens is 326 g/mol. The third-order valence-electron chi connectivity index (χ3n) is 4.78. The van der Waals surface area contributed by atoms with Crippen LogP contribution < -0.4 is 15.5 Å². The Balaban J connectivity index is 1.56. The minimum absolute atomic E-state index is 0.437. The summed E-state index contributed by atoms with van der Waals surface area (Å²) in [5, 5.41) is 6.70. The molecule has 0 saturated heterocycles. The lowest BCUT2D eigenvalue weighted by Crippen LogP contribution is -2.42. The number of guanidine groups is 1. The van der Waals surface area contributed by atoms with Gasteiger partial charge in [-0.2, -0.15) is 0 Å². The number of hydrogen-bond donors (Lipinski definition) is 2. The number of aromatic nitrogens is 1. The first-order valence-electron chi connectivity index (χ1n) is 9.38. The number of fused-ring (bicyclic) bond motifs is 1. The summed E-state index contributed by atoms with van der Waals surface area (Å²) in [5.41, 5.74) is 3.72. The fraction of sp³-hybridized carbons (Fsp3) is 0.500. The van der Waals surface area contributed by atoms with E-state index < -0.39 is 0 Å². The molecule has 0 fully saturated rings. The van der Waals surface area contributed by atoms with E-state index in [0.29, 0.717) is 18.5 Å². The molecular formula is C20H29N5O. The van der Waals surface area contributed by atoms with Crippen molar-refractivity contribution in [1.82, 2.24) is 15.6 Å². The van der Waals surface area contributed by atoms with E-state index in [1.54, 1.807) is 0 Å². The van der Waals surface area contributed by atoms with E-state index in [1.807, 2.05) is 13.8 Å². The van der Waals surface area contributed by atoms with Gasteiger partial charge < -0.3 is 20.0 Å². The van der Waals surface area contributed by atoms with Gasteiger partial charge in [-0.1, -0.05) is 18.2 Å². The van der Waals surface area contributed by atoms with Crippen molar-refractivity contribution in [2.24, 2.45) is 4.99 Å². The lowest BCUT2D eigenvalue weighted by molar-refractivity contribution is 0.473. The Bertz CT molecular complexity index is 748. The number of aryl methyl sites for hydroxylation is 2. The molecule has 2 aromatic rings. The summed E-state index contributed by atoms with van der Waals surface area (Å²) in [4.78, 5) is 11.4. The van der Waals surface area contributed by atoms with Gasteiger partial charge in [-0.15, -0.1) is 0 Å². The Labute approximate surface area is 155 Å². The van der Waals surface area contributed by atoms with Gasteiger partial charge in [0.25, 0.3) is 0 Å². The number of hydrogen-bond acceptors (Lipinski definition) is 4. The zero-order valence-electron chi connectivity index (χ0n) is 16.2. The first-order valence-corrected chi connectivity index (χ1v) is 9.38. The highest BCUT2D eigenvalue weighted by atomic mass is 16.4. The first-order chi connectivity index (χ1) is 12.6. The van der Waals surface area contributed by atoms with E-state index in [2.05, 4.69) is 63.6 Å². The summed E-state index contributed by atoms with van der Waals surface area (Å²) in [6.07, 6.45) is 1.12. The van der Waals surface area contributed by atoms with Crippen LogP contribution >= 0.6 is 0 Å². The van der Waals surface area contributed by atoms with Crippen molar-refractivity contribution in [2.45, 2.75) is 46.7 Å². The van der Waals surface area contributed by atoms with E-state index in [-0.39, 0.29) is 0 Å². The molecule has 0 bridgehead atoms. The monoisotopic (exact) mass is 355 g/mol. The molecule has 6 heteroatoms. The predicted molar refractivity (Wildman–Crippen MR) is 106 cm³/mol. The normalized spacial score (nSPS) is 16.7. The summed E-state index contributed by atoms with van der Waals surface area (Å²) < 4.78 is 5.60. The maximum absolute atomic E-state index is 5.60. The van der Waals surface area contributed by atoms with Gasteiger partial charge in [0.15, 0.2) is 5.96 Å². The van der Waals surface area contributed by atoms with Crippen LogP contribution in [0.3, 0.4) is 0 Å². The molecule has 2 heterocycles. The maximum atomic E-state index is 5.60. The molecule has 1 aliphatic heterocycles. The third kappa shape index (κ3) is 4.18. The van der Waals surface area contributed by atoms with Crippen molar-refractivity contribution >= 4 is 11.6 Å². The molecule has 140 valence electrons. The van der Waals surface area contributed by atoms with Crippen LogP contribution in [0.15, 0.2) is 33.7 Å². The predicted octanol–water partition coefficient (Wildman–Crippen LogP) is 2.80. The summed E-state index contributed by atoms with van der Waals surface area (Å²) in [6.45, 7) is 11.2. The van der Waals surface area contributed by atoms with E-state index in [4.69, 9.17) is 4.42 Å². The lowest BCUT2D eigenvalue weighted by Gasteiger charge is -2.25. The van der Waals surface area contributed by atoms with Crippen LogP contribution in [0.2, 0.25) is 0 Å². The molecule has 0 radical (unpaired) electrons. The van der Waals surface area contributed by atoms with Crippen LogP contribution in [-0.4, -0.2) is 36.6 Å². The van der Waals surface area contributed by atoms with Crippen molar-refractivity contribution < 1.29 is 4.42 Å². The largest absolute Gasteiger partial charge is 0.444 e. The van der Waals surface area contributed by atoms with Crippen LogP contribution in [0.1, 0.15) is 36.8 Å². The highest BCUT2D eigenvalue weighted by Gasteiger charge is 2.24. The molecule has 3 rings (SSSR count). The van der Waals surface area contributed by atoms with Gasteiger partial charge in [0.05, 0.1) is 5.69 Å². The third-order valence-corrected chi connectivity index (χ3v) is 4.78. The molecule has 0 spiro atoms. The van der Waals surface area contributed by atoms with Crippen LogP contribution in [0.5, 0.6) is 0 Å². The molecule has 1 aromatic carbocycles. The average molecular weight is 355 g/mol. The molecule has 1 atom stereocenters. The fourth-order valence-electron chi connectivity index (χ4n) is 3.36. The molecule has 26 heavy (non-hydrogen) atoms. The minimum atomic E-state index is 0.437. The summed E-state index contributed by atoms with van der Waals surface area (Å²) in [5.74, 6) is 2.30. The number of rotatable bonds is 6. The maximum Gasteiger partial charge on any atom is 0.216 e. The van der Waals surface area contributed by atoms with Gasteiger partial charge in [-0.3, -0.25) is 0 Å². The van der Waals surface area contributed by atoms with Crippen molar-refractivity contribution in [3.05, 3.63) is 47.2 Å². The van der Waals surface area contributed by atoms with Crippen LogP contribution in [-0.2, 0) is 13.0 Å². The fourth-order valence-corrected chi connectivity index (χ4v) is 3.36. The van der Waals surface area contributed by atoms with Crippen molar-refractivity contribution in [1.29, 1.82) is 0 Å². The molecule has 1 aromatic heterocycles. The van der Waals surface area contributed by atoms with Crippen molar-refractivity contribution in [2.75, 3.05) is 24.5 Å². The van der Waals surface area contributed by atoms with Crippen molar-refractivity contribution in [3.63, 3.8) is 0 Å². The van der Waals surface area contributed by atoms with Crippen LogP contribution in [0.25, 0.3) is 0 Å². The van der Waals surface area contributed by atoms with Gasteiger partial charge >= 0.3 is 0 Å². The number of nitrogens with one attached hydrogen (secondary N) is 2. The smallest absolute Gasteiger partial charge is 0.216 e. The number of anilines is 1. The van der Waals surface area contributed by atoms with E-state index >= 15 is 0 Å². The zero-order chi connectivity index (χ0) is 18.5. The Morgan fingerprint density at radius 1 is 1.31 bits per heavy atom. The SMILES string of the molecule is CCNC(=NCc1nc(C)c(C)o1)NCCN1c2ccccc2CC1C.